The van der Waals surface area contributed by atoms with Crippen molar-refractivity contribution in [1.29, 1.82) is 0 Å². The molecule has 0 radical (unpaired) electrons. The molecule has 1 unspecified atom stereocenters. The predicted molar refractivity (Wildman–Crippen MR) is 99.4 cm³/mol. The van der Waals surface area contributed by atoms with Gasteiger partial charge in [-0.1, -0.05) is 11.6 Å². The number of hydrogen-bond acceptors (Lipinski definition) is 3. The number of amides is 1. The molecule has 0 aromatic heterocycles. The van der Waals surface area contributed by atoms with Gasteiger partial charge in [-0.2, -0.15) is 0 Å². The standard InChI is InChI=1S/C19H22N2O2S/c1-14-5-10-18(21-11-3-4-12-21)17(13-14)19(22)20-15-6-8-16(9-7-15)24(2)23/h5-10,13H,3-4,11-12H2,1-2H3,(H,20,22). The molecule has 0 aliphatic carbocycles. The maximum atomic E-state index is 12.8. The molecule has 0 saturated carbocycles. The van der Waals surface area contributed by atoms with E-state index in [4.69, 9.17) is 0 Å². The van der Waals surface area contributed by atoms with Gasteiger partial charge in [0.2, 0.25) is 0 Å². The fraction of sp³-hybridized carbons (Fsp3) is 0.316. The van der Waals surface area contributed by atoms with Gasteiger partial charge in [0.25, 0.3) is 5.91 Å². The minimum atomic E-state index is -1.01. The van der Waals surface area contributed by atoms with Crippen molar-refractivity contribution in [3.05, 3.63) is 53.6 Å². The van der Waals surface area contributed by atoms with Crippen molar-refractivity contribution < 1.29 is 9.00 Å². The normalized spacial score (nSPS) is 15.3. The van der Waals surface area contributed by atoms with Gasteiger partial charge in [-0.3, -0.25) is 9.00 Å². The molecule has 2 aromatic carbocycles. The Balaban J connectivity index is 1.83. The summed E-state index contributed by atoms with van der Waals surface area (Å²) in [5.74, 6) is -0.106. The molecule has 24 heavy (non-hydrogen) atoms. The van der Waals surface area contributed by atoms with E-state index < -0.39 is 10.8 Å². The van der Waals surface area contributed by atoms with Crippen LogP contribution in [0.2, 0.25) is 0 Å². The van der Waals surface area contributed by atoms with Crippen molar-refractivity contribution in [3.8, 4) is 0 Å². The lowest BCUT2D eigenvalue weighted by Crippen LogP contribution is -2.23. The zero-order chi connectivity index (χ0) is 17.1. The average molecular weight is 342 g/mol. The summed E-state index contributed by atoms with van der Waals surface area (Å²) in [6, 6.07) is 13.2. The van der Waals surface area contributed by atoms with E-state index in [1.807, 2.05) is 19.1 Å². The number of nitrogens with one attached hydrogen (secondary N) is 1. The Kier molecular flexibility index (Phi) is 5.00. The van der Waals surface area contributed by atoms with Crippen LogP contribution < -0.4 is 10.2 Å². The summed E-state index contributed by atoms with van der Waals surface area (Å²) in [5, 5.41) is 2.95. The molecule has 0 spiro atoms. The quantitative estimate of drug-likeness (QED) is 0.924. The number of carbonyl (C=O) groups excluding carboxylic acids is 1. The Labute approximate surface area is 145 Å². The Morgan fingerprint density at radius 3 is 2.38 bits per heavy atom. The smallest absolute Gasteiger partial charge is 0.257 e. The summed E-state index contributed by atoms with van der Waals surface area (Å²) in [6.45, 7) is 4.00. The largest absolute Gasteiger partial charge is 0.371 e. The molecule has 1 aliphatic heterocycles. The Hall–Kier alpha value is -2.14. The summed E-state index contributed by atoms with van der Waals surface area (Å²) < 4.78 is 11.4. The number of anilines is 2. The van der Waals surface area contributed by atoms with Crippen molar-refractivity contribution in [1.82, 2.24) is 0 Å². The highest BCUT2D eigenvalue weighted by Crippen LogP contribution is 2.26. The number of rotatable bonds is 4. The molecule has 1 fully saturated rings. The first-order valence-electron chi connectivity index (χ1n) is 8.15. The van der Waals surface area contributed by atoms with E-state index in [0.717, 1.165) is 29.2 Å². The highest BCUT2D eigenvalue weighted by Gasteiger charge is 2.19. The van der Waals surface area contributed by atoms with Gasteiger partial charge < -0.3 is 10.2 Å². The predicted octanol–water partition coefficient (Wildman–Crippen LogP) is 3.58. The van der Waals surface area contributed by atoms with Crippen molar-refractivity contribution in [2.75, 3.05) is 29.6 Å². The van der Waals surface area contributed by atoms with Gasteiger partial charge in [-0.25, -0.2) is 0 Å². The molecule has 1 heterocycles. The van der Waals surface area contributed by atoms with Crippen LogP contribution in [0, 0.1) is 6.92 Å². The van der Waals surface area contributed by atoms with E-state index in [2.05, 4.69) is 16.3 Å². The maximum absolute atomic E-state index is 12.8. The highest BCUT2D eigenvalue weighted by molar-refractivity contribution is 7.84. The van der Waals surface area contributed by atoms with Crippen LogP contribution in [0.25, 0.3) is 0 Å². The van der Waals surface area contributed by atoms with Crippen LogP contribution >= 0.6 is 0 Å². The Bertz CT molecular complexity index is 765. The Morgan fingerprint density at radius 1 is 1.08 bits per heavy atom. The molecule has 1 saturated heterocycles. The fourth-order valence-electron chi connectivity index (χ4n) is 2.99. The third kappa shape index (κ3) is 3.67. The molecule has 1 atom stereocenters. The number of carbonyl (C=O) groups is 1. The van der Waals surface area contributed by atoms with Gasteiger partial charge in [0, 0.05) is 46.4 Å². The summed E-state index contributed by atoms with van der Waals surface area (Å²) in [4.78, 5) is 15.8. The lowest BCUT2D eigenvalue weighted by Gasteiger charge is -2.21. The molecule has 3 rings (SSSR count). The molecular weight excluding hydrogens is 320 g/mol. The van der Waals surface area contributed by atoms with E-state index in [9.17, 15) is 9.00 Å². The van der Waals surface area contributed by atoms with Crippen molar-refractivity contribution in [3.63, 3.8) is 0 Å². The average Bonchev–Trinajstić information content (AvgIpc) is 3.09. The molecule has 1 aliphatic rings. The summed E-state index contributed by atoms with van der Waals surface area (Å²) >= 11 is 0. The minimum absolute atomic E-state index is 0.106. The SMILES string of the molecule is Cc1ccc(N2CCCC2)c(C(=O)Nc2ccc(S(C)=O)cc2)c1. The summed E-state index contributed by atoms with van der Waals surface area (Å²) in [5.41, 5.74) is 3.49. The lowest BCUT2D eigenvalue weighted by molar-refractivity contribution is 0.102. The van der Waals surface area contributed by atoms with E-state index >= 15 is 0 Å². The molecule has 2 aromatic rings. The topological polar surface area (TPSA) is 49.4 Å². The van der Waals surface area contributed by atoms with Crippen LogP contribution in [0.5, 0.6) is 0 Å². The first kappa shape index (κ1) is 16.7. The second kappa shape index (κ2) is 7.18. The highest BCUT2D eigenvalue weighted by atomic mass is 32.2. The molecule has 1 N–H and O–H groups in total. The molecule has 4 nitrogen and oxygen atoms in total. The van der Waals surface area contributed by atoms with E-state index in [1.54, 1.807) is 30.5 Å². The second-order valence-corrected chi connectivity index (χ2v) is 7.53. The van der Waals surface area contributed by atoms with E-state index in [-0.39, 0.29) is 5.91 Å². The van der Waals surface area contributed by atoms with Crippen LogP contribution in [0.15, 0.2) is 47.4 Å². The van der Waals surface area contributed by atoms with Crippen molar-refractivity contribution in [2.45, 2.75) is 24.7 Å². The first-order valence-corrected chi connectivity index (χ1v) is 9.71. The summed E-state index contributed by atoms with van der Waals surface area (Å²) in [6.07, 6.45) is 3.98. The minimum Gasteiger partial charge on any atom is -0.371 e. The molecule has 1 amide bonds. The molecular formula is C19H22N2O2S. The lowest BCUT2D eigenvalue weighted by atomic mass is 10.1. The maximum Gasteiger partial charge on any atom is 0.257 e. The van der Waals surface area contributed by atoms with Crippen LogP contribution in [0.3, 0.4) is 0 Å². The van der Waals surface area contributed by atoms with Gasteiger partial charge in [-0.15, -0.1) is 0 Å². The number of aryl methyl sites for hydroxylation is 1. The summed E-state index contributed by atoms with van der Waals surface area (Å²) in [7, 11) is -1.01. The van der Waals surface area contributed by atoms with Crippen molar-refractivity contribution in [2.24, 2.45) is 0 Å². The Morgan fingerprint density at radius 2 is 1.75 bits per heavy atom. The van der Waals surface area contributed by atoms with Gasteiger partial charge >= 0.3 is 0 Å². The monoisotopic (exact) mass is 342 g/mol. The third-order valence-corrected chi connectivity index (χ3v) is 5.22. The number of nitrogens with zero attached hydrogens (tertiary/aromatic N) is 1. The van der Waals surface area contributed by atoms with Crippen LogP contribution in [0.1, 0.15) is 28.8 Å². The number of benzene rings is 2. The zero-order valence-corrected chi connectivity index (χ0v) is 14.9. The van der Waals surface area contributed by atoms with Gasteiger partial charge in [-0.05, 0) is 56.2 Å². The van der Waals surface area contributed by atoms with Crippen LogP contribution in [-0.2, 0) is 10.8 Å². The van der Waals surface area contributed by atoms with Gasteiger partial charge in [0.05, 0.1) is 5.56 Å². The number of hydrogen-bond donors (Lipinski definition) is 1. The molecule has 0 bridgehead atoms. The van der Waals surface area contributed by atoms with E-state index in [1.165, 1.54) is 12.8 Å². The third-order valence-electron chi connectivity index (χ3n) is 4.29. The molecule has 126 valence electrons. The fourth-order valence-corrected chi connectivity index (χ4v) is 3.51. The van der Waals surface area contributed by atoms with E-state index in [0.29, 0.717) is 11.3 Å². The zero-order valence-electron chi connectivity index (χ0n) is 14.0. The van der Waals surface area contributed by atoms with Gasteiger partial charge in [0.15, 0.2) is 0 Å². The first-order chi connectivity index (χ1) is 11.5. The second-order valence-electron chi connectivity index (χ2n) is 6.15. The van der Waals surface area contributed by atoms with Crippen LogP contribution in [0.4, 0.5) is 11.4 Å². The van der Waals surface area contributed by atoms with Crippen molar-refractivity contribution >= 4 is 28.1 Å². The molecule has 5 heteroatoms. The van der Waals surface area contributed by atoms with Gasteiger partial charge in [0.1, 0.15) is 0 Å². The van der Waals surface area contributed by atoms with Crippen LogP contribution in [-0.4, -0.2) is 29.5 Å².